The van der Waals surface area contributed by atoms with Crippen LogP contribution in [0.25, 0.3) is 0 Å². The lowest BCUT2D eigenvalue weighted by atomic mass is 9.87. The maximum absolute atomic E-state index is 14.4. The molecule has 232 valence electrons. The Labute approximate surface area is 242 Å². The second-order valence-electron chi connectivity index (χ2n) is 11.6. The molecule has 3 heterocycles. The Kier molecular flexibility index (Phi) is 8.79. The third-order valence-corrected chi connectivity index (χ3v) is 7.51. The molecule has 1 saturated heterocycles. The number of ether oxygens (including phenoxy) is 1. The minimum absolute atomic E-state index is 0.0387. The average molecular weight is 627 g/mol. The molecule has 0 bridgehead atoms. The van der Waals surface area contributed by atoms with Crippen LogP contribution in [-0.4, -0.2) is 62.5 Å². The normalized spacial score (nSPS) is 20.0. The Hall–Kier alpha value is -3.03. The van der Waals surface area contributed by atoms with Gasteiger partial charge in [-0.15, -0.1) is 0 Å². The molecule has 42 heavy (non-hydrogen) atoms. The summed E-state index contributed by atoms with van der Waals surface area (Å²) in [5.41, 5.74) is -2.11. The van der Waals surface area contributed by atoms with E-state index in [9.17, 15) is 40.3 Å². The van der Waals surface area contributed by atoms with E-state index in [2.05, 4.69) is 5.10 Å². The summed E-state index contributed by atoms with van der Waals surface area (Å²) in [4.78, 5) is 27.6. The Balaban J connectivity index is 1.50. The van der Waals surface area contributed by atoms with Crippen molar-refractivity contribution in [3.8, 4) is 0 Å². The number of hydrogen-bond acceptors (Lipinski definition) is 4. The Morgan fingerprint density at radius 3 is 2.38 bits per heavy atom. The zero-order valence-corrected chi connectivity index (χ0v) is 23.8. The number of hydrogen-bond donors (Lipinski definition) is 0. The highest BCUT2D eigenvalue weighted by molar-refractivity contribution is 6.30. The van der Waals surface area contributed by atoms with Gasteiger partial charge in [-0.05, 0) is 58.1 Å². The van der Waals surface area contributed by atoms with Crippen molar-refractivity contribution in [3.05, 3.63) is 51.6 Å². The molecule has 1 aromatic heterocycles. The monoisotopic (exact) mass is 626 g/mol. The quantitative estimate of drug-likeness (QED) is 0.359. The summed E-state index contributed by atoms with van der Waals surface area (Å²) >= 11 is 5.77. The molecule has 0 spiro atoms. The highest BCUT2D eigenvalue weighted by Crippen LogP contribution is 2.38. The number of nitrogens with zero attached hydrogens (tertiary/aromatic N) is 4. The van der Waals surface area contributed by atoms with E-state index in [1.807, 2.05) is 0 Å². The van der Waals surface area contributed by atoms with Crippen molar-refractivity contribution in [1.82, 2.24) is 19.6 Å². The third kappa shape index (κ3) is 7.30. The molecule has 7 nitrogen and oxygen atoms in total. The number of carbonyl (C=O) groups is 2. The summed E-state index contributed by atoms with van der Waals surface area (Å²) < 4.78 is 104. The van der Waals surface area contributed by atoms with Crippen LogP contribution in [0.15, 0.2) is 18.2 Å². The van der Waals surface area contributed by atoms with Crippen molar-refractivity contribution >= 4 is 23.6 Å². The highest BCUT2D eigenvalue weighted by atomic mass is 35.5. The van der Waals surface area contributed by atoms with Gasteiger partial charge < -0.3 is 9.64 Å². The van der Waals surface area contributed by atoms with Crippen LogP contribution in [0.5, 0.6) is 0 Å². The van der Waals surface area contributed by atoms with Gasteiger partial charge in [-0.2, -0.15) is 31.4 Å². The zero-order chi connectivity index (χ0) is 31.2. The van der Waals surface area contributed by atoms with Crippen LogP contribution >= 0.6 is 11.6 Å². The number of fused-ring (bicyclic) bond motifs is 1. The number of aromatic nitrogens is 2. The first-order valence-corrected chi connectivity index (χ1v) is 13.6. The van der Waals surface area contributed by atoms with E-state index < -0.39 is 59.8 Å². The van der Waals surface area contributed by atoms with Crippen LogP contribution in [0.3, 0.4) is 0 Å². The Morgan fingerprint density at radius 2 is 1.79 bits per heavy atom. The molecule has 2 unspecified atom stereocenters. The molecule has 0 saturated carbocycles. The summed E-state index contributed by atoms with van der Waals surface area (Å²) in [5, 5.41) is 3.81. The Morgan fingerprint density at radius 1 is 1.10 bits per heavy atom. The maximum Gasteiger partial charge on any atom is 0.435 e. The van der Waals surface area contributed by atoms with E-state index >= 15 is 0 Å². The standard InChI is InChI=1S/C27H30ClF7N4O3/c1-25(2,3)42-24(41)38-9-6-15(10-21(38)26(30,31)32)11-22(40)37-8-7-18-20(14-37)39(36-23(18)27(33,34)35)13-16-4-5-17(28)12-19(16)29/h4-5,12,15,21H,6-11,13-14H2,1-3H3. The summed E-state index contributed by atoms with van der Waals surface area (Å²) in [6, 6.07) is 1.59. The van der Waals surface area contributed by atoms with Gasteiger partial charge in [-0.25, -0.2) is 9.18 Å². The summed E-state index contributed by atoms with van der Waals surface area (Å²) in [7, 11) is 0. The van der Waals surface area contributed by atoms with Crippen LogP contribution in [0.4, 0.5) is 35.5 Å². The lowest BCUT2D eigenvalue weighted by Gasteiger charge is -2.41. The van der Waals surface area contributed by atoms with Crippen LogP contribution < -0.4 is 0 Å². The lowest BCUT2D eigenvalue weighted by molar-refractivity contribution is -0.192. The number of piperidine rings is 1. The molecule has 1 aromatic carbocycles. The molecule has 2 amide bonds. The van der Waals surface area contributed by atoms with Crippen molar-refractivity contribution in [3.63, 3.8) is 0 Å². The fourth-order valence-corrected chi connectivity index (χ4v) is 5.47. The van der Waals surface area contributed by atoms with Gasteiger partial charge in [0.2, 0.25) is 5.91 Å². The van der Waals surface area contributed by atoms with Gasteiger partial charge in [-0.3, -0.25) is 14.4 Å². The van der Waals surface area contributed by atoms with Gasteiger partial charge in [0, 0.05) is 35.7 Å². The minimum Gasteiger partial charge on any atom is -0.444 e. The van der Waals surface area contributed by atoms with Gasteiger partial charge >= 0.3 is 18.4 Å². The first-order valence-electron chi connectivity index (χ1n) is 13.3. The number of rotatable bonds is 4. The molecule has 15 heteroatoms. The zero-order valence-electron chi connectivity index (χ0n) is 23.1. The second kappa shape index (κ2) is 11.6. The number of amides is 2. The molecular formula is C27H30ClF7N4O3. The van der Waals surface area contributed by atoms with Crippen LogP contribution in [0, 0.1) is 11.7 Å². The fraction of sp³-hybridized carbons (Fsp3) is 0.593. The summed E-state index contributed by atoms with van der Waals surface area (Å²) in [5.74, 6) is -1.99. The molecule has 1 fully saturated rings. The first kappa shape index (κ1) is 31.9. The molecule has 0 N–H and O–H groups in total. The van der Waals surface area contributed by atoms with Crippen LogP contribution in [0.1, 0.15) is 62.5 Å². The number of carbonyl (C=O) groups excluding carboxylic acids is 2. The minimum atomic E-state index is -4.78. The predicted octanol–water partition coefficient (Wildman–Crippen LogP) is 6.60. The van der Waals surface area contributed by atoms with Crippen molar-refractivity contribution in [1.29, 1.82) is 0 Å². The SMILES string of the molecule is CC(C)(C)OC(=O)N1CCC(CC(=O)N2CCc3c(C(F)(F)F)nn(Cc4ccc(Cl)cc4F)c3C2)CC1C(F)(F)F. The molecule has 4 rings (SSSR count). The lowest BCUT2D eigenvalue weighted by Crippen LogP contribution is -2.54. The third-order valence-electron chi connectivity index (χ3n) is 7.28. The number of benzene rings is 1. The van der Waals surface area contributed by atoms with Gasteiger partial charge in [0.15, 0.2) is 5.69 Å². The van der Waals surface area contributed by atoms with Crippen molar-refractivity contribution in [2.45, 2.75) is 83.5 Å². The summed E-state index contributed by atoms with van der Waals surface area (Å²) in [6.45, 7) is 3.65. The summed E-state index contributed by atoms with van der Waals surface area (Å²) in [6.07, 6.45) is -11.5. The van der Waals surface area contributed by atoms with Crippen LogP contribution in [0.2, 0.25) is 5.02 Å². The highest BCUT2D eigenvalue weighted by Gasteiger charge is 2.50. The molecule has 2 aromatic rings. The molecular weight excluding hydrogens is 597 g/mol. The molecule has 0 aliphatic carbocycles. The fourth-order valence-electron chi connectivity index (χ4n) is 5.31. The maximum atomic E-state index is 14.4. The smallest absolute Gasteiger partial charge is 0.435 e. The Bertz CT molecular complexity index is 1340. The van der Waals surface area contributed by atoms with Crippen molar-refractivity contribution < 1.29 is 45.1 Å². The molecule has 0 radical (unpaired) electrons. The van der Waals surface area contributed by atoms with E-state index in [0.717, 1.165) is 10.7 Å². The molecule has 2 aliphatic heterocycles. The number of halogens is 8. The topological polar surface area (TPSA) is 67.7 Å². The van der Waals surface area contributed by atoms with Gasteiger partial charge in [0.25, 0.3) is 0 Å². The van der Waals surface area contributed by atoms with E-state index in [1.54, 1.807) is 20.8 Å². The molecule has 2 atom stereocenters. The predicted molar refractivity (Wildman–Crippen MR) is 137 cm³/mol. The van der Waals surface area contributed by atoms with Gasteiger partial charge in [-0.1, -0.05) is 17.7 Å². The van der Waals surface area contributed by atoms with Gasteiger partial charge in [0.1, 0.15) is 17.5 Å². The number of alkyl halides is 6. The van der Waals surface area contributed by atoms with E-state index in [-0.39, 0.29) is 67.3 Å². The average Bonchev–Trinajstić information content (AvgIpc) is 3.22. The van der Waals surface area contributed by atoms with E-state index in [0.29, 0.717) is 4.90 Å². The van der Waals surface area contributed by atoms with Crippen LogP contribution in [-0.2, 0) is 35.2 Å². The van der Waals surface area contributed by atoms with E-state index in [1.165, 1.54) is 17.0 Å². The second-order valence-corrected chi connectivity index (χ2v) is 12.0. The molecule has 2 aliphatic rings. The van der Waals surface area contributed by atoms with E-state index in [4.69, 9.17) is 16.3 Å². The largest absolute Gasteiger partial charge is 0.444 e. The van der Waals surface area contributed by atoms with Crippen molar-refractivity contribution in [2.24, 2.45) is 5.92 Å². The van der Waals surface area contributed by atoms with Crippen molar-refractivity contribution in [2.75, 3.05) is 13.1 Å². The number of likely N-dealkylation sites (tertiary alicyclic amines) is 1. The first-order chi connectivity index (χ1) is 19.3. The van der Waals surface area contributed by atoms with Gasteiger partial charge in [0.05, 0.1) is 18.8 Å².